The smallest absolute Gasteiger partial charge is 0.146 e. The molecule has 2 aromatic carbocycles. The highest BCUT2D eigenvalue weighted by atomic mass is 35.5. The van der Waals surface area contributed by atoms with Crippen molar-refractivity contribution in [2.75, 3.05) is 30.3 Å². The first-order valence-electron chi connectivity index (χ1n) is 14.2. The van der Waals surface area contributed by atoms with E-state index >= 15 is 0 Å². The lowest BCUT2D eigenvalue weighted by molar-refractivity contribution is 0.341. The molecule has 2 aromatic rings. The largest absolute Gasteiger partial charge is 0.492 e. The minimum absolute atomic E-state index is 0.375. The molecule has 0 aliphatic carbocycles. The van der Waals surface area contributed by atoms with E-state index < -0.39 is 0 Å². The predicted octanol–water partition coefficient (Wildman–Crippen LogP) is 7.35. The molecule has 214 valence electrons. The minimum atomic E-state index is 0.375. The van der Waals surface area contributed by atoms with Crippen LogP contribution in [0.1, 0.15) is 45.6 Å². The van der Waals surface area contributed by atoms with E-state index in [1.807, 2.05) is 56.6 Å². The van der Waals surface area contributed by atoms with Crippen molar-refractivity contribution in [1.29, 1.82) is 0 Å². The molecule has 0 bridgehead atoms. The van der Waals surface area contributed by atoms with Gasteiger partial charge in [-0.05, 0) is 55.7 Å². The van der Waals surface area contributed by atoms with Gasteiger partial charge in [0, 0.05) is 55.8 Å². The Balaban J connectivity index is 1.42. The molecule has 0 spiro atoms. The molecule has 3 aliphatic rings. The van der Waals surface area contributed by atoms with Crippen LogP contribution in [-0.2, 0) is 0 Å². The third kappa shape index (κ3) is 6.84. The van der Waals surface area contributed by atoms with E-state index in [1.165, 1.54) is 5.57 Å². The Kier molecular flexibility index (Phi) is 9.11. The van der Waals surface area contributed by atoms with Gasteiger partial charge in [-0.25, -0.2) is 5.01 Å². The number of nitrogens with one attached hydrogen (secondary N) is 3. The lowest BCUT2D eigenvalue weighted by Crippen LogP contribution is -2.51. The van der Waals surface area contributed by atoms with E-state index in [9.17, 15) is 0 Å². The van der Waals surface area contributed by atoms with Crippen molar-refractivity contribution in [3.63, 3.8) is 0 Å². The third-order valence-electron chi connectivity index (χ3n) is 6.93. The topological polar surface area (TPSA) is 82.5 Å². The summed E-state index contributed by atoms with van der Waals surface area (Å²) in [4.78, 5) is 5.10. The quantitative estimate of drug-likeness (QED) is 0.258. The van der Waals surface area contributed by atoms with Crippen LogP contribution in [-0.4, -0.2) is 42.7 Å². The summed E-state index contributed by atoms with van der Waals surface area (Å²) in [6.07, 6.45) is 11.9. The highest BCUT2D eigenvalue weighted by Gasteiger charge is 2.22. The molecule has 1 saturated heterocycles. The number of aliphatic imine (C=N–C) groups is 1. The minimum Gasteiger partial charge on any atom is -0.492 e. The van der Waals surface area contributed by atoms with Crippen LogP contribution in [0, 0.1) is 0 Å². The molecule has 0 unspecified atom stereocenters. The Morgan fingerprint density at radius 3 is 2.71 bits per heavy atom. The second-order valence-corrected chi connectivity index (χ2v) is 10.4. The maximum atomic E-state index is 6.69. The number of allylic oxidation sites excluding steroid dienone is 3. The average molecular weight is 573 g/mol. The average Bonchev–Trinajstić information content (AvgIpc) is 3.10. The molecule has 1 fully saturated rings. The van der Waals surface area contributed by atoms with Gasteiger partial charge in [-0.3, -0.25) is 4.99 Å². The van der Waals surface area contributed by atoms with Crippen LogP contribution in [0.15, 0.2) is 88.6 Å². The second kappa shape index (κ2) is 13.1. The summed E-state index contributed by atoms with van der Waals surface area (Å²) < 4.78 is 12.1. The lowest BCUT2D eigenvalue weighted by atomic mass is 9.99. The molecule has 0 amide bonds. The van der Waals surface area contributed by atoms with Crippen molar-refractivity contribution >= 4 is 40.6 Å². The molecule has 3 heterocycles. The zero-order chi connectivity index (χ0) is 28.8. The summed E-state index contributed by atoms with van der Waals surface area (Å²) in [6.45, 7) is 12.7. The van der Waals surface area contributed by atoms with E-state index in [1.54, 1.807) is 5.01 Å². The molecular weight excluding hydrogens is 536 g/mol. The Morgan fingerprint density at radius 2 is 2.02 bits per heavy atom. The van der Waals surface area contributed by atoms with Crippen molar-refractivity contribution < 1.29 is 9.47 Å². The van der Waals surface area contributed by atoms with Crippen molar-refractivity contribution in [2.45, 2.75) is 46.1 Å². The van der Waals surface area contributed by atoms with Crippen LogP contribution in [0.25, 0.3) is 0 Å². The van der Waals surface area contributed by atoms with Gasteiger partial charge >= 0.3 is 0 Å². The Hall–Kier alpha value is -4.01. The predicted molar refractivity (Wildman–Crippen MR) is 170 cm³/mol. The van der Waals surface area contributed by atoms with Crippen LogP contribution in [0.2, 0.25) is 5.02 Å². The summed E-state index contributed by atoms with van der Waals surface area (Å²) in [5.74, 6) is 2.01. The first-order chi connectivity index (χ1) is 20.0. The molecule has 5 rings (SSSR count). The molecule has 9 heteroatoms. The molecule has 0 saturated carbocycles. The fraction of sp³-hybridized carbons (Fsp3) is 0.312. The number of halogens is 1. The van der Waals surface area contributed by atoms with Crippen LogP contribution in [0.4, 0.5) is 17.1 Å². The standard InChI is InChI=1S/C32H37ClN6O2/c1-5-11-36-39-12-10-25(13-21(39)4)41-31-9-8-23(15-27(31)33)37-29-14-22(6-2)18-35-28-17-32(40-7-3)30(16-26(28)29)38-24-19-34-20-24/h8-13,15-18,24,34-35,38H,4-7,14,19-20H2,1-3H3/b36-11-,37-29?. The summed E-state index contributed by atoms with van der Waals surface area (Å²) in [5.41, 5.74) is 6.66. The molecule has 41 heavy (non-hydrogen) atoms. The maximum Gasteiger partial charge on any atom is 0.146 e. The monoisotopic (exact) mass is 572 g/mol. The van der Waals surface area contributed by atoms with Gasteiger partial charge in [-0.2, -0.15) is 5.10 Å². The molecular formula is C32H37ClN6O2. The SMILES string of the molecule is C=C1C=C(Oc2ccc(N=C3CC(CC)=CNc4cc(OCC)c(NC5CNC5)cc43)cc2Cl)C=CN1/N=C\CC. The van der Waals surface area contributed by atoms with Crippen molar-refractivity contribution in [2.24, 2.45) is 10.1 Å². The summed E-state index contributed by atoms with van der Waals surface area (Å²) in [6, 6.07) is 10.2. The Bertz CT molecular complexity index is 1450. The van der Waals surface area contributed by atoms with Gasteiger partial charge in [0.1, 0.15) is 17.3 Å². The highest BCUT2D eigenvalue weighted by Crippen LogP contribution is 2.37. The number of hydrogen-bond acceptors (Lipinski definition) is 8. The van der Waals surface area contributed by atoms with E-state index in [0.29, 0.717) is 34.9 Å². The fourth-order valence-corrected chi connectivity index (χ4v) is 4.81. The van der Waals surface area contributed by atoms with Gasteiger partial charge in [-0.1, -0.05) is 32.0 Å². The molecule has 8 nitrogen and oxygen atoms in total. The lowest BCUT2D eigenvalue weighted by Gasteiger charge is -2.30. The van der Waals surface area contributed by atoms with Crippen molar-refractivity contribution in [3.8, 4) is 11.5 Å². The number of anilines is 2. The van der Waals surface area contributed by atoms with E-state index in [0.717, 1.165) is 66.4 Å². The van der Waals surface area contributed by atoms with Crippen molar-refractivity contribution in [3.05, 3.63) is 89.1 Å². The molecule has 3 aliphatic heterocycles. The molecule has 3 N–H and O–H groups in total. The molecule has 0 aromatic heterocycles. The van der Waals surface area contributed by atoms with Gasteiger partial charge in [0.25, 0.3) is 0 Å². The van der Waals surface area contributed by atoms with Gasteiger partial charge in [0.05, 0.1) is 46.1 Å². The Labute approximate surface area is 247 Å². The van der Waals surface area contributed by atoms with Gasteiger partial charge in [-0.15, -0.1) is 0 Å². The zero-order valence-electron chi connectivity index (χ0n) is 23.8. The zero-order valence-corrected chi connectivity index (χ0v) is 24.6. The van der Waals surface area contributed by atoms with E-state index in [-0.39, 0.29) is 0 Å². The number of ether oxygens (including phenoxy) is 2. The fourth-order valence-electron chi connectivity index (χ4n) is 4.59. The van der Waals surface area contributed by atoms with Crippen LogP contribution in [0.5, 0.6) is 11.5 Å². The number of fused-ring (bicyclic) bond motifs is 1. The number of benzene rings is 2. The van der Waals surface area contributed by atoms with Crippen molar-refractivity contribution in [1.82, 2.24) is 10.3 Å². The molecule has 0 radical (unpaired) electrons. The van der Waals surface area contributed by atoms with E-state index in [4.69, 9.17) is 26.1 Å². The highest BCUT2D eigenvalue weighted by molar-refractivity contribution is 6.32. The van der Waals surface area contributed by atoms with Crippen LogP contribution < -0.4 is 25.4 Å². The number of rotatable bonds is 10. The summed E-state index contributed by atoms with van der Waals surface area (Å²) in [7, 11) is 0. The van der Waals surface area contributed by atoms with Crippen LogP contribution in [0.3, 0.4) is 0 Å². The van der Waals surface area contributed by atoms with E-state index in [2.05, 4.69) is 52.9 Å². The first kappa shape index (κ1) is 28.5. The summed E-state index contributed by atoms with van der Waals surface area (Å²) in [5, 5.41) is 17.0. The Morgan fingerprint density at radius 1 is 1.17 bits per heavy atom. The van der Waals surface area contributed by atoms with Gasteiger partial charge in [0.15, 0.2) is 0 Å². The summed E-state index contributed by atoms with van der Waals surface area (Å²) >= 11 is 6.69. The number of nitrogens with zero attached hydrogens (tertiary/aromatic N) is 3. The maximum absolute atomic E-state index is 6.69. The number of hydrazone groups is 1. The third-order valence-corrected chi connectivity index (χ3v) is 7.23. The second-order valence-electron chi connectivity index (χ2n) is 9.98. The molecule has 0 atom stereocenters. The number of hydrogen-bond donors (Lipinski definition) is 3. The van der Waals surface area contributed by atoms with Gasteiger partial charge in [0.2, 0.25) is 0 Å². The first-order valence-corrected chi connectivity index (χ1v) is 14.5. The van der Waals surface area contributed by atoms with Gasteiger partial charge < -0.3 is 25.4 Å². The van der Waals surface area contributed by atoms with Crippen LogP contribution >= 0.6 is 11.6 Å². The normalized spacial score (nSPS) is 17.9.